The predicted octanol–water partition coefficient (Wildman–Crippen LogP) is 1.21. The number of hydrogen-bond acceptors (Lipinski definition) is 3. The van der Waals surface area contributed by atoms with Crippen LogP contribution in [0.4, 0.5) is 0 Å². The highest BCUT2D eigenvalue weighted by atomic mass is 16.3. The standard InChI is InChI=1S/C9H15N3O/c1-3-5-11-9(12-10)8-7(2)4-6-13-8/h4,6H,3,5,10H2,1-2H3,(H,11,12). The molecular weight excluding hydrogens is 166 g/mol. The van der Waals surface area contributed by atoms with E-state index in [1.54, 1.807) is 6.26 Å². The van der Waals surface area contributed by atoms with E-state index >= 15 is 0 Å². The van der Waals surface area contributed by atoms with Crippen LogP contribution < -0.4 is 11.3 Å². The maximum Gasteiger partial charge on any atom is 0.179 e. The average Bonchev–Trinajstić information content (AvgIpc) is 2.54. The zero-order valence-corrected chi connectivity index (χ0v) is 8.00. The van der Waals surface area contributed by atoms with Gasteiger partial charge in [0, 0.05) is 6.54 Å². The summed E-state index contributed by atoms with van der Waals surface area (Å²) in [6.45, 7) is 4.77. The first kappa shape index (κ1) is 9.80. The number of aliphatic imine (C=N–C) groups is 1. The molecule has 0 fully saturated rings. The van der Waals surface area contributed by atoms with Crippen LogP contribution >= 0.6 is 0 Å². The summed E-state index contributed by atoms with van der Waals surface area (Å²) in [5, 5.41) is 0. The van der Waals surface area contributed by atoms with Gasteiger partial charge in [-0.25, -0.2) is 5.84 Å². The molecule has 0 amide bonds. The van der Waals surface area contributed by atoms with Gasteiger partial charge in [0.05, 0.1) is 6.26 Å². The molecule has 1 aromatic rings. The van der Waals surface area contributed by atoms with E-state index < -0.39 is 0 Å². The lowest BCUT2D eigenvalue weighted by atomic mass is 10.2. The van der Waals surface area contributed by atoms with Crippen molar-refractivity contribution in [2.75, 3.05) is 6.54 Å². The van der Waals surface area contributed by atoms with Crippen molar-refractivity contribution in [1.82, 2.24) is 5.43 Å². The van der Waals surface area contributed by atoms with Crippen molar-refractivity contribution in [3.8, 4) is 0 Å². The zero-order chi connectivity index (χ0) is 9.68. The van der Waals surface area contributed by atoms with Gasteiger partial charge in [-0.05, 0) is 25.0 Å². The first-order chi connectivity index (χ1) is 6.29. The minimum absolute atomic E-state index is 0.615. The molecule has 4 nitrogen and oxygen atoms in total. The van der Waals surface area contributed by atoms with E-state index in [0.29, 0.717) is 5.84 Å². The van der Waals surface area contributed by atoms with Gasteiger partial charge in [-0.3, -0.25) is 4.99 Å². The van der Waals surface area contributed by atoms with E-state index in [1.807, 2.05) is 13.0 Å². The SMILES string of the molecule is CCCN=C(NN)c1occc1C. The van der Waals surface area contributed by atoms with Crippen molar-refractivity contribution >= 4 is 5.84 Å². The molecule has 13 heavy (non-hydrogen) atoms. The lowest BCUT2D eigenvalue weighted by molar-refractivity contribution is 0.551. The fourth-order valence-electron chi connectivity index (χ4n) is 1.02. The third-order valence-electron chi connectivity index (χ3n) is 1.71. The summed E-state index contributed by atoms with van der Waals surface area (Å²) in [5.74, 6) is 6.67. The number of aryl methyl sites for hydroxylation is 1. The first-order valence-corrected chi connectivity index (χ1v) is 4.35. The summed E-state index contributed by atoms with van der Waals surface area (Å²) in [6.07, 6.45) is 2.62. The van der Waals surface area contributed by atoms with Crippen LogP contribution in [0, 0.1) is 6.92 Å². The number of rotatable bonds is 3. The Kier molecular flexibility index (Phi) is 3.52. The summed E-state index contributed by atoms with van der Waals surface area (Å²) in [7, 11) is 0. The molecule has 72 valence electrons. The molecule has 0 saturated heterocycles. The molecule has 4 heteroatoms. The minimum atomic E-state index is 0.615. The fraction of sp³-hybridized carbons (Fsp3) is 0.444. The highest BCUT2D eigenvalue weighted by Gasteiger charge is 2.07. The van der Waals surface area contributed by atoms with Crippen molar-refractivity contribution < 1.29 is 4.42 Å². The van der Waals surface area contributed by atoms with Gasteiger partial charge in [-0.15, -0.1) is 0 Å². The van der Waals surface area contributed by atoms with Gasteiger partial charge in [0.15, 0.2) is 11.6 Å². The maximum atomic E-state index is 5.33. The molecule has 0 aliphatic carbocycles. The molecular formula is C9H15N3O. The largest absolute Gasteiger partial charge is 0.461 e. The Balaban J connectivity index is 2.84. The van der Waals surface area contributed by atoms with Crippen molar-refractivity contribution in [3.63, 3.8) is 0 Å². The Morgan fingerprint density at radius 3 is 2.92 bits per heavy atom. The topological polar surface area (TPSA) is 63.5 Å². The first-order valence-electron chi connectivity index (χ1n) is 4.35. The van der Waals surface area contributed by atoms with Crippen LogP contribution in [0.1, 0.15) is 24.7 Å². The molecule has 0 bridgehead atoms. The van der Waals surface area contributed by atoms with Crippen molar-refractivity contribution in [3.05, 3.63) is 23.7 Å². The average molecular weight is 181 g/mol. The lowest BCUT2D eigenvalue weighted by Crippen LogP contribution is -2.31. The summed E-state index contributed by atoms with van der Waals surface area (Å²) < 4.78 is 5.24. The predicted molar refractivity (Wildman–Crippen MR) is 52.5 cm³/mol. The summed E-state index contributed by atoms with van der Waals surface area (Å²) in [6, 6.07) is 1.88. The third-order valence-corrected chi connectivity index (χ3v) is 1.71. The second kappa shape index (κ2) is 4.67. The number of furan rings is 1. The molecule has 1 heterocycles. The molecule has 0 unspecified atom stereocenters. The normalized spacial score (nSPS) is 11.8. The van der Waals surface area contributed by atoms with Gasteiger partial charge in [0.25, 0.3) is 0 Å². The van der Waals surface area contributed by atoms with E-state index in [2.05, 4.69) is 17.3 Å². The van der Waals surface area contributed by atoms with E-state index in [-0.39, 0.29) is 0 Å². The number of nitrogens with two attached hydrogens (primary N) is 1. The Morgan fingerprint density at radius 2 is 2.46 bits per heavy atom. The van der Waals surface area contributed by atoms with E-state index in [4.69, 9.17) is 10.3 Å². The van der Waals surface area contributed by atoms with Gasteiger partial charge in [0.1, 0.15) is 0 Å². The number of hydrazine groups is 1. The van der Waals surface area contributed by atoms with Crippen LogP contribution in [0.25, 0.3) is 0 Å². The molecule has 0 spiro atoms. The molecule has 0 atom stereocenters. The Bertz CT molecular complexity index is 291. The van der Waals surface area contributed by atoms with Crippen molar-refractivity contribution in [1.29, 1.82) is 0 Å². The number of hydrogen-bond donors (Lipinski definition) is 2. The third kappa shape index (κ3) is 2.32. The zero-order valence-electron chi connectivity index (χ0n) is 8.00. The Hall–Kier alpha value is -1.29. The fourth-order valence-corrected chi connectivity index (χ4v) is 1.02. The molecule has 3 N–H and O–H groups in total. The van der Waals surface area contributed by atoms with Crippen LogP contribution in [-0.2, 0) is 0 Å². The summed E-state index contributed by atoms with van der Waals surface area (Å²) >= 11 is 0. The molecule has 0 saturated carbocycles. The van der Waals surface area contributed by atoms with Crippen LogP contribution in [0.2, 0.25) is 0 Å². The second-order valence-electron chi connectivity index (χ2n) is 2.81. The van der Waals surface area contributed by atoms with Crippen LogP contribution in [0.15, 0.2) is 21.7 Å². The van der Waals surface area contributed by atoms with Crippen molar-refractivity contribution in [2.24, 2.45) is 10.8 Å². The van der Waals surface area contributed by atoms with Gasteiger partial charge in [-0.2, -0.15) is 0 Å². The molecule has 1 aromatic heterocycles. The monoisotopic (exact) mass is 181 g/mol. The van der Waals surface area contributed by atoms with E-state index in [9.17, 15) is 0 Å². The van der Waals surface area contributed by atoms with Gasteiger partial charge in [-0.1, -0.05) is 6.92 Å². The highest BCUT2D eigenvalue weighted by molar-refractivity contribution is 5.97. The smallest absolute Gasteiger partial charge is 0.179 e. The second-order valence-corrected chi connectivity index (χ2v) is 2.81. The Labute approximate surface area is 77.8 Å². The molecule has 0 aromatic carbocycles. The van der Waals surface area contributed by atoms with E-state index in [1.165, 1.54) is 0 Å². The summed E-state index contributed by atoms with van der Waals surface area (Å²) in [5.41, 5.74) is 3.57. The van der Waals surface area contributed by atoms with Gasteiger partial charge in [0.2, 0.25) is 0 Å². The quantitative estimate of drug-likeness (QED) is 0.319. The maximum absolute atomic E-state index is 5.33. The van der Waals surface area contributed by atoms with Crippen LogP contribution in [0.3, 0.4) is 0 Å². The lowest BCUT2D eigenvalue weighted by Gasteiger charge is -2.02. The molecule has 0 aliphatic heterocycles. The van der Waals surface area contributed by atoms with Crippen molar-refractivity contribution in [2.45, 2.75) is 20.3 Å². The van der Waals surface area contributed by atoms with Gasteiger partial charge < -0.3 is 9.84 Å². The molecule has 0 radical (unpaired) electrons. The number of nitrogens with one attached hydrogen (secondary N) is 1. The number of nitrogens with zero attached hydrogens (tertiary/aromatic N) is 1. The van der Waals surface area contributed by atoms with Crippen LogP contribution in [0.5, 0.6) is 0 Å². The summed E-state index contributed by atoms with van der Waals surface area (Å²) in [4.78, 5) is 4.25. The van der Waals surface area contributed by atoms with Gasteiger partial charge >= 0.3 is 0 Å². The number of amidine groups is 1. The minimum Gasteiger partial charge on any atom is -0.461 e. The van der Waals surface area contributed by atoms with E-state index in [0.717, 1.165) is 24.3 Å². The highest BCUT2D eigenvalue weighted by Crippen LogP contribution is 2.08. The molecule has 0 aliphatic rings. The van der Waals surface area contributed by atoms with Crippen LogP contribution in [-0.4, -0.2) is 12.4 Å². The molecule has 1 rings (SSSR count). The Morgan fingerprint density at radius 1 is 1.69 bits per heavy atom.